The van der Waals surface area contributed by atoms with Gasteiger partial charge in [0.05, 0.1) is 0 Å². The van der Waals surface area contributed by atoms with Crippen LogP contribution in [0, 0.1) is 11.8 Å². The van der Waals surface area contributed by atoms with E-state index in [4.69, 9.17) is 0 Å². The lowest BCUT2D eigenvalue weighted by molar-refractivity contribution is 0.330. The second kappa shape index (κ2) is 5.72. The second-order valence-electron chi connectivity index (χ2n) is 3.11. The molecule has 1 unspecified atom stereocenters. The Balaban J connectivity index is 3.56. The number of nitrogens with one attached hydrogen (secondary N) is 1. The van der Waals surface area contributed by atoms with Crippen molar-refractivity contribution in [2.75, 3.05) is 13.6 Å². The Hall–Kier alpha value is -0.0400. The highest BCUT2D eigenvalue weighted by Gasteiger charge is 2.11. The van der Waals surface area contributed by atoms with E-state index >= 15 is 0 Å². The monoisotopic (exact) mass is 143 g/mol. The highest BCUT2D eigenvalue weighted by molar-refractivity contribution is 4.64. The van der Waals surface area contributed by atoms with Crippen LogP contribution in [0.4, 0.5) is 0 Å². The average Bonchev–Trinajstić information content (AvgIpc) is 1.99. The molecule has 0 aliphatic carbocycles. The molecule has 0 fully saturated rings. The maximum absolute atomic E-state index is 3.23. The van der Waals surface area contributed by atoms with E-state index < -0.39 is 0 Å². The molecule has 0 heterocycles. The zero-order valence-corrected chi connectivity index (χ0v) is 7.78. The van der Waals surface area contributed by atoms with Gasteiger partial charge in [-0.2, -0.15) is 0 Å². The molecule has 62 valence electrons. The first-order valence-electron chi connectivity index (χ1n) is 4.40. The normalized spacial score (nSPS) is 16.8. The minimum Gasteiger partial charge on any atom is -0.319 e. The van der Waals surface area contributed by atoms with E-state index in [0.717, 1.165) is 11.8 Å². The topological polar surface area (TPSA) is 12.0 Å². The summed E-state index contributed by atoms with van der Waals surface area (Å²) in [4.78, 5) is 0. The van der Waals surface area contributed by atoms with E-state index in [2.05, 4.69) is 26.1 Å². The predicted molar refractivity (Wildman–Crippen MR) is 47.2 cm³/mol. The molecular formula is C9H21N. The molecule has 0 spiro atoms. The molecule has 0 aromatic rings. The van der Waals surface area contributed by atoms with E-state index in [-0.39, 0.29) is 0 Å². The summed E-state index contributed by atoms with van der Waals surface area (Å²) in [6, 6.07) is 0. The standard InChI is InChI=1S/C9H21N/c1-5-8(3)9(6-2)7-10-4/h8-10H,5-7H2,1-4H3/t8?,9-/m1/s1. The van der Waals surface area contributed by atoms with Crippen molar-refractivity contribution in [2.24, 2.45) is 11.8 Å². The Morgan fingerprint density at radius 1 is 1.20 bits per heavy atom. The molecule has 0 radical (unpaired) electrons. The van der Waals surface area contributed by atoms with Crippen molar-refractivity contribution in [1.29, 1.82) is 0 Å². The first-order valence-corrected chi connectivity index (χ1v) is 4.40. The molecule has 0 aromatic heterocycles. The molecule has 0 aliphatic heterocycles. The zero-order valence-electron chi connectivity index (χ0n) is 7.78. The second-order valence-corrected chi connectivity index (χ2v) is 3.11. The molecule has 0 rings (SSSR count). The van der Waals surface area contributed by atoms with Gasteiger partial charge in [0.2, 0.25) is 0 Å². The smallest absolute Gasteiger partial charge is 0.00211 e. The van der Waals surface area contributed by atoms with E-state index in [1.54, 1.807) is 0 Å². The fraction of sp³-hybridized carbons (Fsp3) is 1.00. The first-order chi connectivity index (χ1) is 4.76. The van der Waals surface area contributed by atoms with Gasteiger partial charge in [0, 0.05) is 0 Å². The van der Waals surface area contributed by atoms with Gasteiger partial charge < -0.3 is 5.32 Å². The van der Waals surface area contributed by atoms with Crippen molar-refractivity contribution in [1.82, 2.24) is 5.32 Å². The quantitative estimate of drug-likeness (QED) is 0.622. The summed E-state index contributed by atoms with van der Waals surface area (Å²) in [5, 5.41) is 3.23. The maximum atomic E-state index is 3.23. The van der Waals surface area contributed by atoms with Gasteiger partial charge in [0.1, 0.15) is 0 Å². The molecule has 0 saturated carbocycles. The van der Waals surface area contributed by atoms with Crippen LogP contribution in [-0.2, 0) is 0 Å². The molecule has 0 aliphatic rings. The summed E-state index contributed by atoms with van der Waals surface area (Å²) in [7, 11) is 2.03. The van der Waals surface area contributed by atoms with Crippen molar-refractivity contribution in [3.8, 4) is 0 Å². The van der Waals surface area contributed by atoms with Gasteiger partial charge in [-0.3, -0.25) is 0 Å². The van der Waals surface area contributed by atoms with Crippen LogP contribution in [0.3, 0.4) is 0 Å². The fourth-order valence-corrected chi connectivity index (χ4v) is 1.34. The molecule has 1 heteroatoms. The molecule has 0 aromatic carbocycles. The summed E-state index contributed by atoms with van der Waals surface area (Å²) in [5.41, 5.74) is 0. The summed E-state index contributed by atoms with van der Waals surface area (Å²) < 4.78 is 0. The molecule has 10 heavy (non-hydrogen) atoms. The summed E-state index contributed by atoms with van der Waals surface area (Å²) in [5.74, 6) is 1.74. The minimum absolute atomic E-state index is 0.870. The molecule has 0 saturated heterocycles. The Bertz CT molecular complexity index is 71.1. The van der Waals surface area contributed by atoms with Crippen LogP contribution in [0.15, 0.2) is 0 Å². The lowest BCUT2D eigenvalue weighted by Crippen LogP contribution is -2.23. The summed E-state index contributed by atoms with van der Waals surface area (Å²) in [6.45, 7) is 8.05. The highest BCUT2D eigenvalue weighted by Crippen LogP contribution is 2.17. The van der Waals surface area contributed by atoms with Crippen LogP contribution in [-0.4, -0.2) is 13.6 Å². The average molecular weight is 143 g/mol. The lowest BCUT2D eigenvalue weighted by atomic mass is 9.90. The van der Waals surface area contributed by atoms with Gasteiger partial charge in [-0.25, -0.2) is 0 Å². The van der Waals surface area contributed by atoms with Crippen molar-refractivity contribution in [2.45, 2.75) is 33.6 Å². The van der Waals surface area contributed by atoms with E-state index in [0.29, 0.717) is 0 Å². The van der Waals surface area contributed by atoms with Crippen LogP contribution in [0.2, 0.25) is 0 Å². The largest absolute Gasteiger partial charge is 0.319 e. The van der Waals surface area contributed by atoms with Gasteiger partial charge in [-0.1, -0.05) is 33.6 Å². The van der Waals surface area contributed by atoms with Gasteiger partial charge in [-0.05, 0) is 25.4 Å². The van der Waals surface area contributed by atoms with Gasteiger partial charge >= 0.3 is 0 Å². The van der Waals surface area contributed by atoms with E-state index in [1.165, 1.54) is 19.4 Å². The first kappa shape index (κ1) is 9.96. The van der Waals surface area contributed by atoms with Crippen LogP contribution in [0.25, 0.3) is 0 Å². The molecule has 1 nitrogen and oxygen atoms in total. The van der Waals surface area contributed by atoms with Gasteiger partial charge in [-0.15, -0.1) is 0 Å². The number of hydrogen-bond acceptors (Lipinski definition) is 1. The van der Waals surface area contributed by atoms with Gasteiger partial charge in [0.25, 0.3) is 0 Å². The third kappa shape index (κ3) is 3.21. The summed E-state index contributed by atoms with van der Waals surface area (Å²) >= 11 is 0. The predicted octanol–water partition coefficient (Wildman–Crippen LogP) is 2.28. The number of hydrogen-bond donors (Lipinski definition) is 1. The Morgan fingerprint density at radius 3 is 2.10 bits per heavy atom. The molecule has 0 bridgehead atoms. The SMILES string of the molecule is CCC(C)[C@H](CC)CNC. The van der Waals surface area contributed by atoms with Crippen molar-refractivity contribution < 1.29 is 0 Å². The zero-order chi connectivity index (χ0) is 7.98. The molecular weight excluding hydrogens is 122 g/mol. The van der Waals surface area contributed by atoms with Crippen LogP contribution >= 0.6 is 0 Å². The van der Waals surface area contributed by atoms with Crippen molar-refractivity contribution >= 4 is 0 Å². The minimum atomic E-state index is 0.870. The third-order valence-corrected chi connectivity index (χ3v) is 2.44. The number of rotatable bonds is 5. The third-order valence-electron chi connectivity index (χ3n) is 2.44. The van der Waals surface area contributed by atoms with Crippen molar-refractivity contribution in [3.63, 3.8) is 0 Å². The van der Waals surface area contributed by atoms with Gasteiger partial charge in [0.15, 0.2) is 0 Å². The van der Waals surface area contributed by atoms with E-state index in [9.17, 15) is 0 Å². The Kier molecular flexibility index (Phi) is 5.70. The maximum Gasteiger partial charge on any atom is -0.00211 e. The molecule has 2 atom stereocenters. The molecule has 1 N–H and O–H groups in total. The highest BCUT2D eigenvalue weighted by atomic mass is 14.8. The van der Waals surface area contributed by atoms with E-state index in [1.807, 2.05) is 7.05 Å². The van der Waals surface area contributed by atoms with Crippen molar-refractivity contribution in [3.05, 3.63) is 0 Å². The lowest BCUT2D eigenvalue weighted by Gasteiger charge is -2.20. The van der Waals surface area contributed by atoms with Crippen LogP contribution in [0.5, 0.6) is 0 Å². The molecule has 0 amide bonds. The van der Waals surface area contributed by atoms with Crippen LogP contribution in [0.1, 0.15) is 33.6 Å². The van der Waals surface area contributed by atoms with Crippen LogP contribution < -0.4 is 5.32 Å². The Morgan fingerprint density at radius 2 is 1.80 bits per heavy atom. The fourth-order valence-electron chi connectivity index (χ4n) is 1.34. The Labute approximate surface area is 65.2 Å². The summed E-state index contributed by atoms with van der Waals surface area (Å²) in [6.07, 6.45) is 2.61.